The van der Waals surface area contributed by atoms with Gasteiger partial charge in [0.1, 0.15) is 0 Å². The molecule has 0 spiro atoms. The highest BCUT2D eigenvalue weighted by Crippen LogP contribution is 2.21. The van der Waals surface area contributed by atoms with Crippen LogP contribution in [0.25, 0.3) is 0 Å². The molecule has 0 aromatic heterocycles. The molecule has 2 nitrogen and oxygen atoms in total. The third-order valence-corrected chi connectivity index (χ3v) is 3.92. The first kappa shape index (κ1) is 14.8. The summed E-state index contributed by atoms with van der Waals surface area (Å²) in [5, 5.41) is 4.46. The van der Waals surface area contributed by atoms with Crippen molar-refractivity contribution >= 4 is 11.6 Å². The van der Waals surface area contributed by atoms with Crippen molar-refractivity contribution in [2.45, 2.75) is 38.1 Å². The molecule has 0 bridgehead atoms. The highest BCUT2D eigenvalue weighted by atomic mass is 35.5. The third-order valence-electron chi connectivity index (χ3n) is 3.67. The zero-order valence-electron chi connectivity index (χ0n) is 11.7. The van der Waals surface area contributed by atoms with Gasteiger partial charge in [0.05, 0.1) is 0 Å². The maximum Gasteiger partial charge on any atom is 0.0462 e. The first-order valence-corrected chi connectivity index (χ1v) is 7.62. The number of ether oxygens (including phenoxy) is 1. The second kappa shape index (κ2) is 7.88. The van der Waals surface area contributed by atoms with Crippen molar-refractivity contribution < 1.29 is 4.74 Å². The molecule has 2 rings (SSSR count). The Hall–Kier alpha value is -0.570. The summed E-state index contributed by atoms with van der Waals surface area (Å²) in [4.78, 5) is 0. The predicted octanol–water partition coefficient (Wildman–Crippen LogP) is 3.68. The molecule has 0 saturated heterocycles. The van der Waals surface area contributed by atoms with E-state index in [1.54, 1.807) is 7.11 Å². The molecule has 106 valence electrons. The zero-order valence-corrected chi connectivity index (χ0v) is 12.5. The summed E-state index contributed by atoms with van der Waals surface area (Å²) in [6.45, 7) is 1.98. The fourth-order valence-corrected chi connectivity index (χ4v) is 2.49. The van der Waals surface area contributed by atoms with Gasteiger partial charge < -0.3 is 10.1 Å². The molecule has 1 fully saturated rings. The summed E-state index contributed by atoms with van der Waals surface area (Å²) in [6, 6.07) is 9.04. The lowest BCUT2D eigenvalue weighted by atomic mass is 9.94. The van der Waals surface area contributed by atoms with Gasteiger partial charge >= 0.3 is 0 Å². The van der Waals surface area contributed by atoms with E-state index < -0.39 is 0 Å². The van der Waals surface area contributed by atoms with Gasteiger partial charge in [0.25, 0.3) is 0 Å². The van der Waals surface area contributed by atoms with Gasteiger partial charge in [-0.05, 0) is 62.3 Å². The molecule has 3 heteroatoms. The lowest BCUT2D eigenvalue weighted by Crippen LogP contribution is -2.26. The Labute approximate surface area is 121 Å². The molecule has 1 aliphatic carbocycles. The standard InChI is InChI=1S/C16H24ClNO/c1-19-10-2-3-14(12-18-16-8-9-16)11-13-4-6-15(17)7-5-13/h4-7,14,16,18H,2-3,8-12H2,1H3. The first-order chi connectivity index (χ1) is 9.28. The van der Waals surface area contributed by atoms with E-state index >= 15 is 0 Å². The topological polar surface area (TPSA) is 21.3 Å². The van der Waals surface area contributed by atoms with Crippen LogP contribution in [0.4, 0.5) is 0 Å². The number of rotatable bonds is 9. The molecule has 0 amide bonds. The molecule has 0 heterocycles. The minimum Gasteiger partial charge on any atom is -0.385 e. The lowest BCUT2D eigenvalue weighted by molar-refractivity contribution is 0.186. The van der Waals surface area contributed by atoms with Crippen LogP contribution < -0.4 is 5.32 Å². The van der Waals surface area contributed by atoms with Crippen LogP contribution in [0.1, 0.15) is 31.2 Å². The predicted molar refractivity (Wildman–Crippen MR) is 80.8 cm³/mol. The quantitative estimate of drug-likeness (QED) is 0.697. The van der Waals surface area contributed by atoms with Crippen LogP contribution in [-0.4, -0.2) is 26.3 Å². The van der Waals surface area contributed by atoms with Gasteiger partial charge in [-0.15, -0.1) is 0 Å². The van der Waals surface area contributed by atoms with E-state index in [2.05, 4.69) is 17.4 Å². The number of halogens is 1. The van der Waals surface area contributed by atoms with Gasteiger partial charge in [0.2, 0.25) is 0 Å². The number of methoxy groups -OCH3 is 1. The Morgan fingerprint density at radius 3 is 2.68 bits per heavy atom. The van der Waals surface area contributed by atoms with Crippen molar-refractivity contribution in [3.8, 4) is 0 Å². The second-order valence-electron chi connectivity index (χ2n) is 5.51. The lowest BCUT2D eigenvalue weighted by Gasteiger charge is -2.17. The van der Waals surface area contributed by atoms with Crippen molar-refractivity contribution in [1.82, 2.24) is 5.32 Å². The maximum atomic E-state index is 5.93. The Balaban J connectivity index is 1.81. The van der Waals surface area contributed by atoms with Gasteiger partial charge in [-0.25, -0.2) is 0 Å². The highest BCUT2D eigenvalue weighted by molar-refractivity contribution is 6.30. The Morgan fingerprint density at radius 2 is 2.05 bits per heavy atom. The summed E-state index contributed by atoms with van der Waals surface area (Å²) in [5.41, 5.74) is 1.38. The Morgan fingerprint density at radius 1 is 1.32 bits per heavy atom. The summed E-state index contributed by atoms with van der Waals surface area (Å²) in [5.74, 6) is 0.692. The molecule has 1 atom stereocenters. The van der Waals surface area contributed by atoms with Gasteiger partial charge in [-0.2, -0.15) is 0 Å². The molecule has 1 aromatic rings. The van der Waals surface area contributed by atoms with Crippen LogP contribution in [0, 0.1) is 5.92 Å². The van der Waals surface area contributed by atoms with E-state index in [1.807, 2.05) is 12.1 Å². The average molecular weight is 282 g/mol. The van der Waals surface area contributed by atoms with E-state index in [-0.39, 0.29) is 0 Å². The van der Waals surface area contributed by atoms with Crippen molar-refractivity contribution in [3.05, 3.63) is 34.9 Å². The maximum absolute atomic E-state index is 5.93. The van der Waals surface area contributed by atoms with E-state index in [4.69, 9.17) is 16.3 Å². The fraction of sp³-hybridized carbons (Fsp3) is 0.625. The summed E-state index contributed by atoms with van der Waals surface area (Å²) < 4.78 is 5.16. The van der Waals surface area contributed by atoms with Gasteiger partial charge in [-0.3, -0.25) is 0 Å². The molecule has 1 saturated carbocycles. The number of benzene rings is 1. The summed E-state index contributed by atoms with van der Waals surface area (Å²) in [6.07, 6.45) is 6.19. The van der Waals surface area contributed by atoms with Crippen LogP contribution in [-0.2, 0) is 11.2 Å². The number of hydrogen-bond acceptors (Lipinski definition) is 2. The van der Waals surface area contributed by atoms with E-state index in [1.165, 1.54) is 24.8 Å². The molecular weight excluding hydrogens is 258 g/mol. The minimum atomic E-state index is 0.692. The molecule has 1 N–H and O–H groups in total. The van der Waals surface area contributed by atoms with Crippen LogP contribution >= 0.6 is 11.6 Å². The second-order valence-corrected chi connectivity index (χ2v) is 5.95. The fourth-order valence-electron chi connectivity index (χ4n) is 2.37. The van der Waals surface area contributed by atoms with Crippen molar-refractivity contribution in [1.29, 1.82) is 0 Å². The van der Waals surface area contributed by atoms with Crippen molar-refractivity contribution in [2.24, 2.45) is 5.92 Å². The monoisotopic (exact) mass is 281 g/mol. The number of hydrogen-bond donors (Lipinski definition) is 1. The smallest absolute Gasteiger partial charge is 0.0462 e. The summed E-state index contributed by atoms with van der Waals surface area (Å²) >= 11 is 5.93. The van der Waals surface area contributed by atoms with Crippen molar-refractivity contribution in [3.63, 3.8) is 0 Å². The van der Waals surface area contributed by atoms with Crippen LogP contribution in [0.15, 0.2) is 24.3 Å². The summed E-state index contributed by atoms with van der Waals surface area (Å²) in [7, 11) is 1.77. The first-order valence-electron chi connectivity index (χ1n) is 7.24. The normalized spacial score (nSPS) is 16.5. The third kappa shape index (κ3) is 5.94. The van der Waals surface area contributed by atoms with Gasteiger partial charge in [0.15, 0.2) is 0 Å². The average Bonchev–Trinajstić information content (AvgIpc) is 3.23. The van der Waals surface area contributed by atoms with Crippen LogP contribution in [0.3, 0.4) is 0 Å². The SMILES string of the molecule is COCCCC(CNC1CC1)Cc1ccc(Cl)cc1. The molecule has 1 unspecified atom stereocenters. The van der Waals surface area contributed by atoms with Crippen LogP contribution in [0.5, 0.6) is 0 Å². The number of nitrogens with one attached hydrogen (secondary N) is 1. The molecular formula is C16H24ClNO. The highest BCUT2D eigenvalue weighted by Gasteiger charge is 2.21. The van der Waals surface area contributed by atoms with Crippen LogP contribution in [0.2, 0.25) is 5.02 Å². The Bertz CT molecular complexity index is 362. The van der Waals surface area contributed by atoms with E-state index in [0.717, 1.165) is 37.1 Å². The molecule has 1 aliphatic rings. The van der Waals surface area contributed by atoms with Crippen molar-refractivity contribution in [2.75, 3.05) is 20.3 Å². The van der Waals surface area contributed by atoms with E-state index in [9.17, 15) is 0 Å². The van der Waals surface area contributed by atoms with E-state index in [0.29, 0.717) is 5.92 Å². The largest absolute Gasteiger partial charge is 0.385 e. The Kier molecular flexibility index (Phi) is 6.15. The molecule has 0 aliphatic heterocycles. The van der Waals surface area contributed by atoms with Gasteiger partial charge in [-0.1, -0.05) is 23.7 Å². The molecule has 1 aromatic carbocycles. The van der Waals surface area contributed by atoms with Gasteiger partial charge in [0, 0.05) is 24.8 Å². The minimum absolute atomic E-state index is 0.692. The molecule has 0 radical (unpaired) electrons. The zero-order chi connectivity index (χ0) is 13.5. The molecule has 19 heavy (non-hydrogen) atoms.